The zero-order chi connectivity index (χ0) is 15.2. The van der Waals surface area contributed by atoms with Crippen LogP contribution in [0.3, 0.4) is 0 Å². The minimum absolute atomic E-state index is 0.0327. The maximum atomic E-state index is 12.0. The van der Waals surface area contributed by atoms with Gasteiger partial charge >= 0.3 is 5.97 Å². The average molecular weight is 291 g/mol. The summed E-state index contributed by atoms with van der Waals surface area (Å²) < 4.78 is 0. The fourth-order valence-corrected chi connectivity index (χ4v) is 2.63. The molecule has 0 saturated carbocycles. The highest BCUT2D eigenvalue weighted by Gasteiger charge is 2.22. The minimum atomic E-state index is -1.08. The highest BCUT2D eigenvalue weighted by molar-refractivity contribution is 5.91. The van der Waals surface area contributed by atoms with Gasteiger partial charge in [-0.25, -0.2) is 9.78 Å². The lowest BCUT2D eigenvalue weighted by Crippen LogP contribution is -2.34. The second-order valence-electron chi connectivity index (χ2n) is 5.57. The smallest absolute Gasteiger partial charge is 0.354 e. The molecule has 2 unspecified atom stereocenters. The molecule has 2 atom stereocenters. The summed E-state index contributed by atoms with van der Waals surface area (Å²) in [6, 6.07) is 2.94. The van der Waals surface area contributed by atoms with Crippen LogP contribution in [0.2, 0.25) is 0 Å². The van der Waals surface area contributed by atoms with E-state index in [0.29, 0.717) is 23.9 Å². The molecule has 3 N–H and O–H groups in total. The van der Waals surface area contributed by atoms with Crippen molar-refractivity contribution in [3.05, 3.63) is 24.0 Å². The van der Waals surface area contributed by atoms with Crippen LogP contribution < -0.4 is 10.6 Å². The molecule has 1 aromatic rings. The normalized spacial score (nSPS) is 19.8. The predicted octanol–water partition coefficient (Wildman–Crippen LogP) is 1.74. The van der Waals surface area contributed by atoms with E-state index in [0.717, 1.165) is 25.9 Å². The second-order valence-corrected chi connectivity index (χ2v) is 5.57. The molecule has 0 spiro atoms. The van der Waals surface area contributed by atoms with Gasteiger partial charge in [0, 0.05) is 6.42 Å². The number of nitrogens with zero attached hydrogens (tertiary/aromatic N) is 1. The number of piperidine rings is 1. The minimum Gasteiger partial charge on any atom is -0.477 e. The molecular weight excluding hydrogens is 270 g/mol. The van der Waals surface area contributed by atoms with Gasteiger partial charge in [0.25, 0.3) is 0 Å². The molecule has 0 bridgehead atoms. The van der Waals surface area contributed by atoms with Crippen molar-refractivity contribution in [2.75, 3.05) is 18.4 Å². The molecule has 0 aliphatic carbocycles. The van der Waals surface area contributed by atoms with Crippen LogP contribution >= 0.6 is 0 Å². The van der Waals surface area contributed by atoms with Gasteiger partial charge in [0.05, 0.1) is 11.9 Å². The van der Waals surface area contributed by atoms with Crippen molar-refractivity contribution in [1.82, 2.24) is 10.3 Å². The quantitative estimate of drug-likeness (QED) is 0.768. The lowest BCUT2D eigenvalue weighted by Gasteiger charge is -2.28. The molecule has 2 heterocycles. The third-order valence-electron chi connectivity index (χ3n) is 3.91. The maximum Gasteiger partial charge on any atom is 0.354 e. The Morgan fingerprint density at radius 1 is 1.52 bits per heavy atom. The number of carbonyl (C=O) groups is 2. The molecule has 114 valence electrons. The van der Waals surface area contributed by atoms with Gasteiger partial charge in [-0.05, 0) is 49.9 Å². The molecule has 6 heteroatoms. The Morgan fingerprint density at radius 2 is 2.33 bits per heavy atom. The summed E-state index contributed by atoms with van der Waals surface area (Å²) in [5.74, 6) is -0.273. The third-order valence-corrected chi connectivity index (χ3v) is 3.91. The Hall–Kier alpha value is -1.95. The summed E-state index contributed by atoms with van der Waals surface area (Å²) in [5, 5.41) is 14.9. The first-order chi connectivity index (χ1) is 10.1. The Bertz CT molecular complexity index is 495. The predicted molar refractivity (Wildman–Crippen MR) is 79.2 cm³/mol. The number of carboxylic acids is 1. The third kappa shape index (κ3) is 4.53. The lowest BCUT2D eigenvalue weighted by atomic mass is 9.85. The van der Waals surface area contributed by atoms with Crippen LogP contribution in [-0.2, 0) is 4.79 Å². The molecule has 1 aliphatic heterocycles. The van der Waals surface area contributed by atoms with E-state index < -0.39 is 5.97 Å². The summed E-state index contributed by atoms with van der Waals surface area (Å²) in [6.07, 6.45) is 4.16. The van der Waals surface area contributed by atoms with Crippen LogP contribution in [0.5, 0.6) is 0 Å². The van der Waals surface area contributed by atoms with Gasteiger partial charge in [-0.1, -0.05) is 6.92 Å². The monoisotopic (exact) mass is 291 g/mol. The van der Waals surface area contributed by atoms with Crippen molar-refractivity contribution in [2.45, 2.75) is 26.2 Å². The molecule has 6 nitrogen and oxygen atoms in total. The summed E-state index contributed by atoms with van der Waals surface area (Å²) in [6.45, 7) is 4.14. The summed E-state index contributed by atoms with van der Waals surface area (Å²) in [4.78, 5) is 26.5. The van der Waals surface area contributed by atoms with Crippen LogP contribution in [0.4, 0.5) is 5.69 Å². The van der Waals surface area contributed by atoms with Crippen molar-refractivity contribution in [3.63, 3.8) is 0 Å². The Morgan fingerprint density at radius 3 is 2.90 bits per heavy atom. The van der Waals surface area contributed by atoms with Gasteiger partial charge in [-0.2, -0.15) is 0 Å². The van der Waals surface area contributed by atoms with E-state index in [1.54, 1.807) is 6.07 Å². The zero-order valence-electron chi connectivity index (χ0n) is 12.1. The number of rotatable bonds is 5. The maximum absolute atomic E-state index is 12.0. The standard InChI is InChI=1S/C15H21N3O3/c1-10(11-3-2-6-16-8-11)7-14(19)18-12-4-5-13(15(20)21)17-9-12/h4-5,9-11,16H,2-3,6-8H2,1H3,(H,18,19)(H,20,21). The second kappa shape index (κ2) is 7.17. The molecule has 1 aromatic heterocycles. The van der Waals surface area contributed by atoms with E-state index in [-0.39, 0.29) is 11.6 Å². The Kier molecular flexibility index (Phi) is 5.27. The molecule has 21 heavy (non-hydrogen) atoms. The first-order valence-corrected chi connectivity index (χ1v) is 7.26. The zero-order valence-corrected chi connectivity index (χ0v) is 12.1. The van der Waals surface area contributed by atoms with Crippen LogP contribution in [0, 0.1) is 11.8 Å². The summed E-state index contributed by atoms with van der Waals surface area (Å²) in [5.41, 5.74) is 0.494. The van der Waals surface area contributed by atoms with Crippen molar-refractivity contribution in [3.8, 4) is 0 Å². The van der Waals surface area contributed by atoms with Crippen LogP contribution in [0.1, 0.15) is 36.7 Å². The fourth-order valence-electron chi connectivity index (χ4n) is 2.63. The van der Waals surface area contributed by atoms with Gasteiger partial charge in [-0.15, -0.1) is 0 Å². The first-order valence-electron chi connectivity index (χ1n) is 7.26. The number of aromatic nitrogens is 1. The van der Waals surface area contributed by atoms with Crippen LogP contribution in [0.25, 0.3) is 0 Å². The van der Waals surface area contributed by atoms with Gasteiger partial charge in [-0.3, -0.25) is 4.79 Å². The molecule has 0 radical (unpaired) electrons. The van der Waals surface area contributed by atoms with E-state index >= 15 is 0 Å². The van der Waals surface area contributed by atoms with Crippen LogP contribution in [0.15, 0.2) is 18.3 Å². The summed E-state index contributed by atoms with van der Waals surface area (Å²) >= 11 is 0. The SMILES string of the molecule is CC(CC(=O)Nc1ccc(C(=O)O)nc1)C1CCCNC1. The van der Waals surface area contributed by atoms with Crippen molar-refractivity contribution >= 4 is 17.6 Å². The van der Waals surface area contributed by atoms with Gasteiger partial charge in [0.1, 0.15) is 5.69 Å². The lowest BCUT2D eigenvalue weighted by molar-refractivity contribution is -0.117. The van der Waals surface area contributed by atoms with E-state index in [4.69, 9.17) is 5.11 Å². The number of amides is 1. The van der Waals surface area contributed by atoms with Crippen molar-refractivity contribution in [2.24, 2.45) is 11.8 Å². The number of pyridine rings is 1. The largest absolute Gasteiger partial charge is 0.477 e. The van der Waals surface area contributed by atoms with Gasteiger partial charge in [0.2, 0.25) is 5.91 Å². The molecular formula is C15H21N3O3. The van der Waals surface area contributed by atoms with Gasteiger partial charge in [0.15, 0.2) is 0 Å². The topological polar surface area (TPSA) is 91.3 Å². The summed E-state index contributed by atoms with van der Waals surface area (Å²) in [7, 11) is 0. The molecule has 2 rings (SSSR count). The van der Waals surface area contributed by atoms with E-state index in [1.165, 1.54) is 12.3 Å². The van der Waals surface area contributed by atoms with E-state index in [1.807, 2.05) is 0 Å². The number of aromatic carboxylic acids is 1. The number of anilines is 1. The number of nitrogens with one attached hydrogen (secondary N) is 2. The number of hydrogen-bond donors (Lipinski definition) is 3. The number of carbonyl (C=O) groups excluding carboxylic acids is 1. The first kappa shape index (κ1) is 15.4. The molecule has 1 fully saturated rings. The average Bonchev–Trinajstić information content (AvgIpc) is 2.48. The fraction of sp³-hybridized carbons (Fsp3) is 0.533. The van der Waals surface area contributed by atoms with Gasteiger partial charge < -0.3 is 15.7 Å². The molecule has 0 aromatic carbocycles. The number of hydrogen-bond acceptors (Lipinski definition) is 4. The molecule has 1 aliphatic rings. The highest BCUT2D eigenvalue weighted by Crippen LogP contribution is 2.23. The molecule has 1 amide bonds. The number of carboxylic acid groups (broad SMARTS) is 1. The Balaban J connectivity index is 1.84. The van der Waals surface area contributed by atoms with Crippen LogP contribution in [-0.4, -0.2) is 35.1 Å². The Labute approximate surface area is 124 Å². The van der Waals surface area contributed by atoms with Crippen molar-refractivity contribution < 1.29 is 14.7 Å². The highest BCUT2D eigenvalue weighted by atomic mass is 16.4. The van der Waals surface area contributed by atoms with E-state index in [2.05, 4.69) is 22.5 Å². The molecule has 1 saturated heterocycles. The van der Waals surface area contributed by atoms with E-state index in [9.17, 15) is 9.59 Å². The van der Waals surface area contributed by atoms with Crippen molar-refractivity contribution in [1.29, 1.82) is 0 Å².